The lowest BCUT2D eigenvalue weighted by molar-refractivity contribution is -0.141. The van der Waals surface area contributed by atoms with E-state index in [1.54, 1.807) is 19.1 Å². The topological polar surface area (TPSA) is 80.4 Å². The third-order valence-electron chi connectivity index (χ3n) is 2.36. The molecule has 1 aromatic carbocycles. The number of carboxylic acids is 1. The van der Waals surface area contributed by atoms with Gasteiger partial charge in [-0.15, -0.1) is 0 Å². The Labute approximate surface area is 94.1 Å². The highest BCUT2D eigenvalue weighted by molar-refractivity contribution is 5.76. The normalized spacial score (nSPS) is 12.1. The fourth-order valence-corrected chi connectivity index (χ4v) is 1.44. The standard InChI is InChI=1S/C12H15NO3/c1-8(12(15)16)6-9-2-4-10(5-3-9)7-11(13)14/h2-5,8H,6-7H2,1H3,(H2,13,14)(H,15,16)/t8-/m1/s1. The molecule has 0 fully saturated rings. The molecule has 0 bridgehead atoms. The number of hydrogen-bond acceptors (Lipinski definition) is 2. The van der Waals surface area contributed by atoms with Gasteiger partial charge in [0.15, 0.2) is 0 Å². The van der Waals surface area contributed by atoms with Crippen LogP contribution in [0.3, 0.4) is 0 Å². The highest BCUT2D eigenvalue weighted by Gasteiger charge is 2.11. The van der Waals surface area contributed by atoms with Crippen LogP contribution >= 0.6 is 0 Å². The summed E-state index contributed by atoms with van der Waals surface area (Å²) in [4.78, 5) is 21.3. The zero-order valence-electron chi connectivity index (χ0n) is 9.14. The van der Waals surface area contributed by atoms with E-state index in [0.29, 0.717) is 6.42 Å². The van der Waals surface area contributed by atoms with Gasteiger partial charge in [0.25, 0.3) is 0 Å². The summed E-state index contributed by atoms with van der Waals surface area (Å²) >= 11 is 0. The predicted molar refractivity (Wildman–Crippen MR) is 59.8 cm³/mol. The second-order valence-corrected chi connectivity index (χ2v) is 3.90. The quantitative estimate of drug-likeness (QED) is 0.777. The molecule has 0 heterocycles. The van der Waals surface area contributed by atoms with Crippen molar-refractivity contribution in [1.29, 1.82) is 0 Å². The van der Waals surface area contributed by atoms with E-state index >= 15 is 0 Å². The van der Waals surface area contributed by atoms with Gasteiger partial charge in [-0.25, -0.2) is 0 Å². The molecule has 4 nitrogen and oxygen atoms in total. The van der Waals surface area contributed by atoms with Crippen molar-refractivity contribution in [1.82, 2.24) is 0 Å². The molecular weight excluding hydrogens is 206 g/mol. The van der Waals surface area contributed by atoms with Gasteiger partial charge in [0.1, 0.15) is 0 Å². The maximum absolute atomic E-state index is 10.7. The number of carbonyl (C=O) groups excluding carboxylic acids is 1. The molecule has 1 rings (SSSR count). The molecule has 0 aliphatic heterocycles. The third-order valence-corrected chi connectivity index (χ3v) is 2.36. The molecule has 0 saturated heterocycles. The maximum atomic E-state index is 10.7. The molecule has 0 aliphatic carbocycles. The summed E-state index contributed by atoms with van der Waals surface area (Å²) in [6, 6.07) is 7.26. The van der Waals surface area contributed by atoms with E-state index in [2.05, 4.69) is 0 Å². The number of rotatable bonds is 5. The number of hydrogen-bond donors (Lipinski definition) is 2. The highest BCUT2D eigenvalue weighted by atomic mass is 16.4. The van der Waals surface area contributed by atoms with Gasteiger partial charge in [-0.05, 0) is 17.5 Å². The largest absolute Gasteiger partial charge is 0.481 e. The molecule has 0 aliphatic rings. The second kappa shape index (κ2) is 5.30. The molecule has 0 radical (unpaired) electrons. The van der Waals surface area contributed by atoms with Crippen molar-refractivity contribution in [2.45, 2.75) is 19.8 Å². The van der Waals surface area contributed by atoms with Gasteiger partial charge in [-0.1, -0.05) is 31.2 Å². The fourth-order valence-electron chi connectivity index (χ4n) is 1.44. The number of carbonyl (C=O) groups is 2. The summed E-state index contributed by atoms with van der Waals surface area (Å²) in [5.74, 6) is -1.57. The van der Waals surface area contributed by atoms with Crippen molar-refractivity contribution >= 4 is 11.9 Å². The van der Waals surface area contributed by atoms with E-state index in [0.717, 1.165) is 11.1 Å². The van der Waals surface area contributed by atoms with Crippen LogP contribution in [0.2, 0.25) is 0 Å². The van der Waals surface area contributed by atoms with E-state index in [1.807, 2.05) is 12.1 Å². The Hall–Kier alpha value is -1.84. The van der Waals surface area contributed by atoms with Crippen molar-refractivity contribution in [3.63, 3.8) is 0 Å². The first-order valence-electron chi connectivity index (χ1n) is 5.08. The van der Waals surface area contributed by atoms with Gasteiger partial charge >= 0.3 is 5.97 Å². The molecule has 4 heteroatoms. The minimum absolute atomic E-state index is 0.217. The Balaban J connectivity index is 2.64. The van der Waals surface area contributed by atoms with Crippen LogP contribution < -0.4 is 5.73 Å². The Morgan fingerprint density at radius 3 is 2.19 bits per heavy atom. The number of carboxylic acid groups (broad SMARTS) is 1. The number of amides is 1. The van der Waals surface area contributed by atoms with E-state index in [1.165, 1.54) is 0 Å². The second-order valence-electron chi connectivity index (χ2n) is 3.90. The molecule has 0 unspecified atom stereocenters. The molecular formula is C12H15NO3. The molecule has 0 saturated carbocycles. The fraction of sp³-hybridized carbons (Fsp3) is 0.333. The van der Waals surface area contributed by atoms with Gasteiger partial charge in [0.05, 0.1) is 12.3 Å². The Morgan fingerprint density at radius 1 is 1.25 bits per heavy atom. The smallest absolute Gasteiger partial charge is 0.306 e. The average Bonchev–Trinajstić information content (AvgIpc) is 2.20. The Morgan fingerprint density at radius 2 is 1.75 bits per heavy atom. The first-order valence-corrected chi connectivity index (χ1v) is 5.08. The van der Waals surface area contributed by atoms with Crippen LogP contribution in [0, 0.1) is 5.92 Å². The summed E-state index contributed by atoms with van der Waals surface area (Å²) in [5, 5.41) is 8.76. The number of primary amides is 1. The molecule has 16 heavy (non-hydrogen) atoms. The van der Waals surface area contributed by atoms with Crippen LogP contribution in [0.4, 0.5) is 0 Å². The number of aliphatic carboxylic acids is 1. The van der Waals surface area contributed by atoms with Crippen molar-refractivity contribution in [2.75, 3.05) is 0 Å². The summed E-state index contributed by atoms with van der Waals surface area (Å²) < 4.78 is 0. The van der Waals surface area contributed by atoms with Crippen LogP contribution in [0.5, 0.6) is 0 Å². The van der Waals surface area contributed by atoms with Crippen molar-refractivity contribution in [2.24, 2.45) is 11.7 Å². The van der Waals surface area contributed by atoms with E-state index < -0.39 is 11.9 Å². The summed E-state index contributed by atoms with van der Waals surface area (Å²) in [6.45, 7) is 1.67. The van der Waals surface area contributed by atoms with Crippen LogP contribution in [-0.4, -0.2) is 17.0 Å². The average molecular weight is 221 g/mol. The molecule has 1 aromatic rings. The SMILES string of the molecule is C[C@H](Cc1ccc(CC(N)=O)cc1)C(=O)O. The summed E-state index contributed by atoms with van der Waals surface area (Å²) in [7, 11) is 0. The molecule has 1 atom stereocenters. The van der Waals surface area contributed by atoms with E-state index in [4.69, 9.17) is 10.8 Å². The lowest BCUT2D eigenvalue weighted by Crippen LogP contribution is -2.14. The highest BCUT2D eigenvalue weighted by Crippen LogP contribution is 2.10. The van der Waals surface area contributed by atoms with Crippen molar-refractivity contribution < 1.29 is 14.7 Å². The van der Waals surface area contributed by atoms with E-state index in [9.17, 15) is 9.59 Å². The van der Waals surface area contributed by atoms with Crippen LogP contribution in [0.25, 0.3) is 0 Å². The van der Waals surface area contributed by atoms with Gasteiger partial charge < -0.3 is 10.8 Å². The molecule has 86 valence electrons. The summed E-state index contributed by atoms with van der Waals surface area (Å²) in [5.41, 5.74) is 6.86. The van der Waals surface area contributed by atoms with Gasteiger partial charge in [-0.3, -0.25) is 9.59 Å². The number of benzene rings is 1. The molecule has 0 spiro atoms. The van der Waals surface area contributed by atoms with Crippen LogP contribution in [0.1, 0.15) is 18.1 Å². The van der Waals surface area contributed by atoms with Crippen LogP contribution in [-0.2, 0) is 22.4 Å². The molecule has 3 N–H and O–H groups in total. The van der Waals surface area contributed by atoms with E-state index in [-0.39, 0.29) is 12.3 Å². The zero-order chi connectivity index (χ0) is 12.1. The Kier molecular flexibility index (Phi) is 4.05. The monoisotopic (exact) mass is 221 g/mol. The zero-order valence-corrected chi connectivity index (χ0v) is 9.14. The van der Waals surface area contributed by atoms with Crippen molar-refractivity contribution in [3.8, 4) is 0 Å². The van der Waals surface area contributed by atoms with Gasteiger partial charge in [-0.2, -0.15) is 0 Å². The molecule has 1 amide bonds. The van der Waals surface area contributed by atoms with Gasteiger partial charge in [0, 0.05) is 0 Å². The number of nitrogens with two attached hydrogens (primary N) is 1. The third kappa shape index (κ3) is 3.73. The minimum Gasteiger partial charge on any atom is -0.481 e. The lowest BCUT2D eigenvalue weighted by atomic mass is 10.00. The molecule has 0 aromatic heterocycles. The Bertz CT molecular complexity index is 384. The van der Waals surface area contributed by atoms with Crippen LogP contribution in [0.15, 0.2) is 24.3 Å². The summed E-state index contributed by atoms with van der Waals surface area (Å²) in [6.07, 6.45) is 0.709. The predicted octanol–water partition coefficient (Wildman–Crippen LogP) is 0.978. The van der Waals surface area contributed by atoms with Gasteiger partial charge in [0.2, 0.25) is 5.91 Å². The first-order chi connectivity index (χ1) is 7.49. The first kappa shape index (κ1) is 12.2. The van der Waals surface area contributed by atoms with Crippen molar-refractivity contribution in [3.05, 3.63) is 35.4 Å². The maximum Gasteiger partial charge on any atom is 0.306 e. The lowest BCUT2D eigenvalue weighted by Gasteiger charge is -2.06. The minimum atomic E-state index is -0.804.